The first-order chi connectivity index (χ1) is 18.5. The van der Waals surface area contributed by atoms with Crippen LogP contribution < -0.4 is 22.5 Å². The number of benzene rings is 1. The van der Waals surface area contributed by atoms with E-state index in [1.807, 2.05) is 24.3 Å². The summed E-state index contributed by atoms with van der Waals surface area (Å²) < 4.78 is 1.45. The standard InChI is InChI=1S/C28H42N8O3/c1-20-8-12-33(14-10-23(20)29)13-9-21-4-6-22(7-5-21)36-15-11-24(32-27(36)39)31-26(38)35-18-16-34(17-19-35)25(37)28(2,3)30/h4-7,11,15,20,23H,8-10,12-14,16-19,29-30H2,1-3H3,(H,31,32,38,39)/t20-,23-/m1/s1. The summed E-state index contributed by atoms with van der Waals surface area (Å²) in [7, 11) is 0. The summed E-state index contributed by atoms with van der Waals surface area (Å²) in [4.78, 5) is 47.6. The lowest BCUT2D eigenvalue weighted by Crippen LogP contribution is -2.58. The second kappa shape index (κ2) is 12.3. The highest BCUT2D eigenvalue weighted by atomic mass is 16.2. The first-order valence-electron chi connectivity index (χ1n) is 13.8. The lowest BCUT2D eigenvalue weighted by molar-refractivity contribution is -0.137. The first kappa shape index (κ1) is 28.7. The van der Waals surface area contributed by atoms with Gasteiger partial charge in [-0.15, -0.1) is 0 Å². The summed E-state index contributed by atoms with van der Waals surface area (Å²) in [6, 6.07) is 9.46. The van der Waals surface area contributed by atoms with Gasteiger partial charge in [0.1, 0.15) is 5.82 Å². The van der Waals surface area contributed by atoms with Gasteiger partial charge in [0.15, 0.2) is 0 Å². The van der Waals surface area contributed by atoms with Crippen molar-refractivity contribution < 1.29 is 9.59 Å². The molecule has 1 aromatic heterocycles. The van der Waals surface area contributed by atoms with E-state index in [0.717, 1.165) is 38.9 Å². The summed E-state index contributed by atoms with van der Waals surface area (Å²) >= 11 is 0. The zero-order valence-electron chi connectivity index (χ0n) is 23.3. The molecule has 2 aliphatic rings. The maximum absolute atomic E-state index is 12.7. The zero-order valence-corrected chi connectivity index (χ0v) is 23.3. The number of amides is 3. The van der Waals surface area contributed by atoms with Crippen LogP contribution >= 0.6 is 0 Å². The van der Waals surface area contributed by atoms with Gasteiger partial charge in [-0.05, 0) is 75.9 Å². The Hall–Kier alpha value is -3.28. The molecule has 212 valence electrons. The molecule has 11 heteroatoms. The molecule has 2 saturated heterocycles. The van der Waals surface area contributed by atoms with Gasteiger partial charge in [-0.2, -0.15) is 4.98 Å². The van der Waals surface area contributed by atoms with Crippen molar-refractivity contribution in [2.24, 2.45) is 17.4 Å². The van der Waals surface area contributed by atoms with E-state index >= 15 is 0 Å². The molecule has 2 aromatic rings. The molecule has 2 fully saturated rings. The van der Waals surface area contributed by atoms with Crippen LogP contribution in [0.4, 0.5) is 10.6 Å². The van der Waals surface area contributed by atoms with Gasteiger partial charge in [-0.1, -0.05) is 19.1 Å². The molecule has 0 aliphatic carbocycles. The minimum atomic E-state index is -0.945. The number of anilines is 1. The second-order valence-corrected chi connectivity index (χ2v) is 11.4. The maximum atomic E-state index is 12.7. The fraction of sp³-hybridized carbons (Fsp3) is 0.571. The summed E-state index contributed by atoms with van der Waals surface area (Å²) in [6.45, 7) is 10.3. The van der Waals surface area contributed by atoms with Crippen LogP contribution in [-0.2, 0) is 11.2 Å². The lowest BCUT2D eigenvalue weighted by Gasteiger charge is -2.37. The summed E-state index contributed by atoms with van der Waals surface area (Å²) in [5.74, 6) is 0.613. The van der Waals surface area contributed by atoms with Crippen molar-refractivity contribution in [2.75, 3.05) is 51.1 Å². The smallest absolute Gasteiger partial charge is 0.338 e. The SMILES string of the molecule is C[C@@H]1CCN(CCc2ccc(-n3ccc(NC(=O)N4CCN(C(=O)C(C)(C)N)CC4)nc3=O)cc2)CC[C@H]1N. The molecule has 3 amide bonds. The fourth-order valence-corrected chi connectivity index (χ4v) is 5.04. The number of carbonyl (C=O) groups is 2. The Balaban J connectivity index is 1.29. The largest absolute Gasteiger partial charge is 0.354 e. The molecule has 5 N–H and O–H groups in total. The second-order valence-electron chi connectivity index (χ2n) is 11.4. The van der Waals surface area contributed by atoms with Crippen LogP contribution in [0, 0.1) is 5.92 Å². The number of nitrogens with one attached hydrogen (secondary N) is 1. The molecular formula is C28H42N8O3. The van der Waals surface area contributed by atoms with Crippen LogP contribution in [0.5, 0.6) is 0 Å². The van der Waals surface area contributed by atoms with E-state index in [0.29, 0.717) is 37.8 Å². The van der Waals surface area contributed by atoms with Crippen molar-refractivity contribution in [3.8, 4) is 5.69 Å². The van der Waals surface area contributed by atoms with Gasteiger partial charge in [0, 0.05) is 45.0 Å². The Labute approximate surface area is 230 Å². The normalized spacial score (nSPS) is 20.9. The summed E-state index contributed by atoms with van der Waals surface area (Å²) in [6.07, 6.45) is 4.73. The van der Waals surface area contributed by atoms with E-state index in [1.54, 1.807) is 35.9 Å². The number of urea groups is 1. The number of nitrogens with zero attached hydrogens (tertiary/aromatic N) is 5. The van der Waals surface area contributed by atoms with Gasteiger partial charge in [0.25, 0.3) is 0 Å². The number of piperazine rings is 1. The highest BCUT2D eigenvalue weighted by Crippen LogP contribution is 2.17. The van der Waals surface area contributed by atoms with Crippen LogP contribution in [0.25, 0.3) is 5.69 Å². The quantitative estimate of drug-likeness (QED) is 0.502. The molecule has 0 radical (unpaired) electrons. The van der Waals surface area contributed by atoms with Crippen LogP contribution in [0.15, 0.2) is 41.3 Å². The van der Waals surface area contributed by atoms with E-state index in [9.17, 15) is 14.4 Å². The molecule has 0 saturated carbocycles. The van der Waals surface area contributed by atoms with Crippen molar-refractivity contribution in [1.29, 1.82) is 0 Å². The van der Waals surface area contributed by atoms with E-state index in [4.69, 9.17) is 11.5 Å². The molecule has 0 unspecified atom stereocenters. The van der Waals surface area contributed by atoms with Crippen LogP contribution in [0.1, 0.15) is 39.2 Å². The number of aromatic nitrogens is 2. The van der Waals surface area contributed by atoms with Crippen molar-refractivity contribution in [1.82, 2.24) is 24.3 Å². The molecule has 1 aromatic carbocycles. The third kappa shape index (κ3) is 7.43. The number of hydrogen-bond acceptors (Lipinski definition) is 7. The van der Waals surface area contributed by atoms with E-state index in [1.165, 1.54) is 10.1 Å². The van der Waals surface area contributed by atoms with Crippen LogP contribution in [0.2, 0.25) is 0 Å². The van der Waals surface area contributed by atoms with Crippen molar-refractivity contribution >= 4 is 17.8 Å². The van der Waals surface area contributed by atoms with Crippen molar-refractivity contribution in [2.45, 2.75) is 51.6 Å². The van der Waals surface area contributed by atoms with Gasteiger partial charge >= 0.3 is 11.7 Å². The molecule has 39 heavy (non-hydrogen) atoms. The first-order valence-corrected chi connectivity index (χ1v) is 13.8. The predicted octanol–water partition coefficient (Wildman–Crippen LogP) is 1.25. The Morgan fingerprint density at radius 1 is 1.00 bits per heavy atom. The number of nitrogens with two attached hydrogens (primary N) is 2. The van der Waals surface area contributed by atoms with Crippen LogP contribution in [0.3, 0.4) is 0 Å². The summed E-state index contributed by atoms with van der Waals surface area (Å²) in [5, 5.41) is 2.69. The van der Waals surface area contributed by atoms with Gasteiger partial charge in [0.2, 0.25) is 5.91 Å². The van der Waals surface area contributed by atoms with Crippen molar-refractivity contribution in [3.63, 3.8) is 0 Å². The molecule has 0 bridgehead atoms. The molecular weight excluding hydrogens is 496 g/mol. The lowest BCUT2D eigenvalue weighted by atomic mass is 9.98. The number of rotatable bonds is 6. The highest BCUT2D eigenvalue weighted by molar-refractivity contribution is 5.89. The Bertz CT molecular complexity index is 1190. The molecule has 3 heterocycles. The van der Waals surface area contributed by atoms with E-state index < -0.39 is 11.2 Å². The minimum Gasteiger partial charge on any atom is -0.338 e. The van der Waals surface area contributed by atoms with Crippen molar-refractivity contribution in [3.05, 3.63) is 52.6 Å². The monoisotopic (exact) mass is 538 g/mol. The molecule has 11 nitrogen and oxygen atoms in total. The number of hydrogen-bond donors (Lipinski definition) is 3. The maximum Gasteiger partial charge on any atom is 0.354 e. The van der Waals surface area contributed by atoms with Gasteiger partial charge < -0.3 is 26.2 Å². The Kier molecular flexibility index (Phi) is 9.04. The van der Waals surface area contributed by atoms with Gasteiger partial charge in [-0.25, -0.2) is 9.59 Å². The number of carbonyl (C=O) groups excluding carboxylic acids is 2. The molecule has 4 rings (SSSR count). The minimum absolute atomic E-state index is 0.141. The Morgan fingerprint density at radius 2 is 1.64 bits per heavy atom. The summed E-state index contributed by atoms with van der Waals surface area (Å²) in [5.41, 5.74) is 12.6. The van der Waals surface area contributed by atoms with Gasteiger partial charge in [-0.3, -0.25) is 14.7 Å². The molecule has 0 spiro atoms. The third-order valence-corrected chi connectivity index (χ3v) is 7.79. The average molecular weight is 539 g/mol. The van der Waals surface area contributed by atoms with E-state index in [2.05, 4.69) is 22.1 Å². The van der Waals surface area contributed by atoms with Crippen LogP contribution in [-0.4, -0.2) is 93.6 Å². The molecule has 2 aliphatic heterocycles. The zero-order chi connectivity index (χ0) is 28.2. The molecule has 2 atom stereocenters. The van der Waals surface area contributed by atoms with Gasteiger partial charge in [0.05, 0.1) is 11.2 Å². The topological polar surface area (TPSA) is 143 Å². The fourth-order valence-electron chi connectivity index (χ4n) is 5.04. The van der Waals surface area contributed by atoms with E-state index in [-0.39, 0.29) is 23.8 Å². The third-order valence-electron chi connectivity index (χ3n) is 7.79. The highest BCUT2D eigenvalue weighted by Gasteiger charge is 2.31. The average Bonchev–Trinajstić information content (AvgIpc) is 3.07. The Morgan fingerprint density at radius 3 is 2.28 bits per heavy atom. The number of likely N-dealkylation sites (tertiary alicyclic amines) is 1. The predicted molar refractivity (Wildman–Crippen MR) is 152 cm³/mol.